The molecule has 0 radical (unpaired) electrons. The predicted octanol–water partition coefficient (Wildman–Crippen LogP) is 4.78. The van der Waals surface area contributed by atoms with Gasteiger partial charge in [-0.3, -0.25) is 9.59 Å². The predicted molar refractivity (Wildman–Crippen MR) is 104 cm³/mol. The molecular weight excluding hydrogens is 361 g/mol. The molecule has 0 fully saturated rings. The van der Waals surface area contributed by atoms with Crippen molar-refractivity contribution in [1.82, 2.24) is 0 Å². The first-order valence-electron chi connectivity index (χ1n) is 7.86. The molecule has 2 aromatic rings. The van der Waals surface area contributed by atoms with Gasteiger partial charge >= 0.3 is 0 Å². The Morgan fingerprint density at radius 2 is 1.40 bits per heavy atom. The van der Waals surface area contributed by atoms with Crippen LogP contribution in [0.1, 0.15) is 19.8 Å². The molecule has 2 rings (SSSR count). The standard InChI is InChI=1S/C18H19Cl2N3O2/c1-2-3-17(24)22-12-4-6-13(7-5-12)23-18(25)11-21-14-8-9-15(19)16(20)10-14/h4-10,21H,2-3,11H2,1H3,(H,22,24)(H,23,25). The second-order valence-corrected chi connectivity index (χ2v) is 6.22. The average Bonchev–Trinajstić information content (AvgIpc) is 2.58. The van der Waals surface area contributed by atoms with E-state index in [0.717, 1.165) is 6.42 Å². The van der Waals surface area contributed by atoms with E-state index < -0.39 is 0 Å². The fourth-order valence-electron chi connectivity index (χ4n) is 2.08. The average molecular weight is 380 g/mol. The zero-order valence-electron chi connectivity index (χ0n) is 13.7. The fourth-order valence-corrected chi connectivity index (χ4v) is 2.38. The lowest BCUT2D eigenvalue weighted by Crippen LogP contribution is -2.21. The number of carbonyl (C=O) groups excluding carboxylic acids is 2. The van der Waals surface area contributed by atoms with Gasteiger partial charge < -0.3 is 16.0 Å². The summed E-state index contributed by atoms with van der Waals surface area (Å²) in [6, 6.07) is 12.0. The number of amides is 2. The van der Waals surface area contributed by atoms with E-state index in [1.54, 1.807) is 42.5 Å². The van der Waals surface area contributed by atoms with Crippen LogP contribution in [0.5, 0.6) is 0 Å². The lowest BCUT2D eigenvalue weighted by Gasteiger charge is -2.09. The molecule has 0 aliphatic carbocycles. The van der Waals surface area contributed by atoms with Crippen molar-refractivity contribution in [1.29, 1.82) is 0 Å². The third-order valence-electron chi connectivity index (χ3n) is 3.30. The number of anilines is 3. The van der Waals surface area contributed by atoms with Crippen molar-refractivity contribution in [3.05, 3.63) is 52.5 Å². The van der Waals surface area contributed by atoms with E-state index in [1.807, 2.05) is 6.92 Å². The van der Waals surface area contributed by atoms with Crippen LogP contribution >= 0.6 is 23.2 Å². The Morgan fingerprint density at radius 1 is 0.840 bits per heavy atom. The van der Waals surface area contributed by atoms with Crippen LogP contribution in [0.3, 0.4) is 0 Å². The molecule has 2 aromatic carbocycles. The van der Waals surface area contributed by atoms with Gasteiger partial charge in [0.2, 0.25) is 11.8 Å². The molecule has 0 aliphatic heterocycles. The third kappa shape index (κ3) is 6.29. The molecule has 132 valence electrons. The smallest absolute Gasteiger partial charge is 0.243 e. The lowest BCUT2D eigenvalue weighted by molar-refractivity contribution is -0.116. The maximum atomic E-state index is 12.0. The van der Waals surface area contributed by atoms with E-state index in [0.29, 0.717) is 33.5 Å². The van der Waals surface area contributed by atoms with Crippen LogP contribution in [-0.4, -0.2) is 18.4 Å². The van der Waals surface area contributed by atoms with Gasteiger partial charge in [-0.25, -0.2) is 0 Å². The number of nitrogens with one attached hydrogen (secondary N) is 3. The minimum Gasteiger partial charge on any atom is -0.376 e. The van der Waals surface area contributed by atoms with E-state index in [2.05, 4.69) is 16.0 Å². The Labute approximate surface area is 156 Å². The van der Waals surface area contributed by atoms with Gasteiger partial charge in [0, 0.05) is 23.5 Å². The molecule has 7 heteroatoms. The molecule has 0 spiro atoms. The molecule has 3 N–H and O–H groups in total. The van der Waals surface area contributed by atoms with Crippen LogP contribution in [0.15, 0.2) is 42.5 Å². The summed E-state index contributed by atoms with van der Waals surface area (Å²) in [5.41, 5.74) is 2.05. The van der Waals surface area contributed by atoms with E-state index in [4.69, 9.17) is 23.2 Å². The second-order valence-electron chi connectivity index (χ2n) is 5.41. The molecule has 0 unspecified atom stereocenters. The SMILES string of the molecule is CCCC(=O)Nc1ccc(NC(=O)CNc2ccc(Cl)c(Cl)c2)cc1. The number of benzene rings is 2. The van der Waals surface area contributed by atoms with Gasteiger partial charge in [-0.1, -0.05) is 30.1 Å². The number of carbonyl (C=O) groups is 2. The molecule has 2 amide bonds. The quantitative estimate of drug-likeness (QED) is 0.647. The molecule has 5 nitrogen and oxygen atoms in total. The summed E-state index contributed by atoms with van der Waals surface area (Å²) in [7, 11) is 0. The summed E-state index contributed by atoms with van der Waals surface area (Å²) >= 11 is 11.8. The third-order valence-corrected chi connectivity index (χ3v) is 4.04. The van der Waals surface area contributed by atoms with Crippen molar-refractivity contribution in [3.63, 3.8) is 0 Å². The zero-order chi connectivity index (χ0) is 18.2. The van der Waals surface area contributed by atoms with Gasteiger partial charge in [-0.2, -0.15) is 0 Å². The Morgan fingerprint density at radius 3 is 1.96 bits per heavy atom. The first-order chi connectivity index (χ1) is 12.0. The Balaban J connectivity index is 1.83. The second kappa shape index (κ2) is 9.30. The van der Waals surface area contributed by atoms with Crippen molar-refractivity contribution in [2.24, 2.45) is 0 Å². The highest BCUT2D eigenvalue weighted by Gasteiger charge is 2.05. The molecule has 0 bridgehead atoms. The van der Waals surface area contributed by atoms with Crippen LogP contribution < -0.4 is 16.0 Å². The summed E-state index contributed by atoms with van der Waals surface area (Å²) in [6.45, 7) is 2.04. The molecule has 0 atom stereocenters. The molecule has 0 aliphatic rings. The monoisotopic (exact) mass is 379 g/mol. The van der Waals surface area contributed by atoms with Gasteiger partial charge in [0.1, 0.15) is 0 Å². The van der Waals surface area contributed by atoms with Crippen LogP contribution in [0, 0.1) is 0 Å². The van der Waals surface area contributed by atoms with Crippen molar-refractivity contribution >= 4 is 52.1 Å². The molecule has 0 saturated carbocycles. The van der Waals surface area contributed by atoms with Crippen molar-refractivity contribution < 1.29 is 9.59 Å². The number of rotatable bonds is 7. The number of halogens is 2. The van der Waals surface area contributed by atoms with Gasteiger partial charge in [-0.05, 0) is 48.9 Å². The normalized spacial score (nSPS) is 10.2. The minimum atomic E-state index is -0.200. The van der Waals surface area contributed by atoms with Gasteiger partial charge in [0.05, 0.1) is 16.6 Å². The summed E-state index contributed by atoms with van der Waals surface area (Å²) in [5, 5.41) is 9.42. The highest BCUT2D eigenvalue weighted by Crippen LogP contribution is 2.24. The van der Waals surface area contributed by atoms with Crippen molar-refractivity contribution in [2.45, 2.75) is 19.8 Å². The van der Waals surface area contributed by atoms with Crippen LogP contribution in [-0.2, 0) is 9.59 Å². The summed E-state index contributed by atoms with van der Waals surface area (Å²) in [6.07, 6.45) is 1.28. The van der Waals surface area contributed by atoms with Gasteiger partial charge in [-0.15, -0.1) is 0 Å². The van der Waals surface area contributed by atoms with E-state index >= 15 is 0 Å². The molecule has 25 heavy (non-hydrogen) atoms. The number of hydrogen-bond acceptors (Lipinski definition) is 3. The van der Waals surface area contributed by atoms with Gasteiger partial charge in [0.15, 0.2) is 0 Å². The highest BCUT2D eigenvalue weighted by molar-refractivity contribution is 6.42. The Kier molecular flexibility index (Phi) is 7.10. The maximum Gasteiger partial charge on any atom is 0.243 e. The number of hydrogen-bond donors (Lipinski definition) is 3. The highest BCUT2D eigenvalue weighted by atomic mass is 35.5. The Hall–Kier alpha value is -2.24. The van der Waals surface area contributed by atoms with Crippen molar-refractivity contribution in [2.75, 3.05) is 22.5 Å². The topological polar surface area (TPSA) is 70.2 Å². The van der Waals surface area contributed by atoms with E-state index in [9.17, 15) is 9.59 Å². The van der Waals surface area contributed by atoms with Crippen molar-refractivity contribution in [3.8, 4) is 0 Å². The summed E-state index contributed by atoms with van der Waals surface area (Å²) < 4.78 is 0. The van der Waals surface area contributed by atoms with Crippen LogP contribution in [0.4, 0.5) is 17.1 Å². The molecule has 0 saturated heterocycles. The summed E-state index contributed by atoms with van der Waals surface area (Å²) in [4.78, 5) is 23.5. The van der Waals surface area contributed by atoms with Crippen LogP contribution in [0.25, 0.3) is 0 Å². The molecular formula is C18H19Cl2N3O2. The largest absolute Gasteiger partial charge is 0.376 e. The Bertz CT molecular complexity index is 748. The van der Waals surface area contributed by atoms with Crippen LogP contribution in [0.2, 0.25) is 10.0 Å². The van der Waals surface area contributed by atoms with E-state index in [-0.39, 0.29) is 18.4 Å². The summed E-state index contributed by atoms with van der Waals surface area (Å²) in [5.74, 6) is -0.223. The fraction of sp³-hybridized carbons (Fsp3) is 0.222. The van der Waals surface area contributed by atoms with Gasteiger partial charge in [0.25, 0.3) is 0 Å². The first kappa shape index (κ1) is 19.1. The minimum absolute atomic E-state index is 0.0230. The zero-order valence-corrected chi connectivity index (χ0v) is 15.2. The maximum absolute atomic E-state index is 12.0. The lowest BCUT2D eigenvalue weighted by atomic mass is 10.2. The first-order valence-corrected chi connectivity index (χ1v) is 8.62. The van der Waals surface area contributed by atoms with E-state index in [1.165, 1.54) is 0 Å². The molecule has 0 aromatic heterocycles. The molecule has 0 heterocycles.